The second-order valence-corrected chi connectivity index (χ2v) is 10.7. The van der Waals surface area contributed by atoms with E-state index >= 15 is 0 Å². The third-order valence-electron chi connectivity index (χ3n) is 7.42. The molecule has 2 aliphatic rings. The summed E-state index contributed by atoms with van der Waals surface area (Å²) in [5.74, 6) is -1.26. The van der Waals surface area contributed by atoms with Crippen molar-refractivity contribution in [2.24, 2.45) is 22.9 Å². The van der Waals surface area contributed by atoms with Gasteiger partial charge in [-0.3, -0.25) is 14.2 Å². The largest absolute Gasteiger partial charge is 0.389 e. The van der Waals surface area contributed by atoms with Gasteiger partial charge in [-0.15, -0.1) is 0 Å². The molecule has 1 aliphatic carbocycles. The van der Waals surface area contributed by atoms with Crippen LogP contribution in [0.25, 0.3) is 0 Å². The van der Waals surface area contributed by atoms with E-state index in [2.05, 4.69) is 15.6 Å². The van der Waals surface area contributed by atoms with E-state index in [4.69, 9.17) is 38.1 Å². The van der Waals surface area contributed by atoms with Crippen LogP contribution in [-0.2, 0) is 25.6 Å². The van der Waals surface area contributed by atoms with Gasteiger partial charge in [0.05, 0.1) is 12.1 Å². The van der Waals surface area contributed by atoms with Crippen LogP contribution in [-0.4, -0.2) is 122 Å². The SMILES string of the molecule is NCCCC[C@H](NC(=O)Cn1ccc(N)nc1=O)C(=O)NC[C@H]1O[C@H](OC2C(N)CC(N)C(O)C2O)[C@H](N)[C@@H](O)[C@@H]1O. The molecule has 2 amide bonds. The fourth-order valence-electron chi connectivity index (χ4n) is 4.91. The number of aliphatic hydroxyl groups is 4. The number of rotatable bonds is 12. The first-order valence-corrected chi connectivity index (χ1v) is 13.7. The van der Waals surface area contributed by atoms with Crippen LogP contribution in [0.3, 0.4) is 0 Å². The van der Waals surface area contributed by atoms with Crippen LogP contribution in [0.1, 0.15) is 25.7 Å². The Balaban J connectivity index is 1.63. The van der Waals surface area contributed by atoms with Crippen LogP contribution in [0.15, 0.2) is 17.1 Å². The third kappa shape index (κ3) is 8.40. The number of aromatic nitrogens is 2. The molecule has 0 radical (unpaired) electrons. The van der Waals surface area contributed by atoms with Crippen molar-refractivity contribution < 1.29 is 39.5 Å². The molecule has 1 aromatic heterocycles. The molecule has 18 heteroatoms. The number of nitrogens with zero attached hydrogens (tertiary/aromatic N) is 2. The molecule has 2 heterocycles. The van der Waals surface area contributed by atoms with E-state index in [1.807, 2.05) is 0 Å². The quantitative estimate of drug-likeness (QED) is 0.0992. The lowest BCUT2D eigenvalue weighted by Gasteiger charge is -2.46. The molecular weight excluding hydrogens is 558 g/mol. The van der Waals surface area contributed by atoms with Crippen LogP contribution in [0.2, 0.25) is 0 Å². The van der Waals surface area contributed by atoms with Gasteiger partial charge in [0.1, 0.15) is 48.9 Å². The van der Waals surface area contributed by atoms with E-state index in [9.17, 15) is 34.8 Å². The average Bonchev–Trinajstić information content (AvgIpc) is 2.94. The molecule has 1 aromatic rings. The molecule has 0 spiro atoms. The van der Waals surface area contributed by atoms with Gasteiger partial charge in [0, 0.05) is 24.8 Å². The number of carbonyl (C=O) groups excluding carboxylic acids is 2. The lowest BCUT2D eigenvalue weighted by molar-refractivity contribution is -0.288. The highest BCUT2D eigenvalue weighted by molar-refractivity contribution is 5.87. The van der Waals surface area contributed by atoms with Crippen molar-refractivity contribution in [2.75, 3.05) is 18.8 Å². The Morgan fingerprint density at radius 3 is 2.48 bits per heavy atom. The number of nitrogens with two attached hydrogens (primary N) is 5. The zero-order chi connectivity index (χ0) is 31.1. The van der Waals surface area contributed by atoms with E-state index in [1.165, 1.54) is 12.3 Å². The maximum atomic E-state index is 13.1. The zero-order valence-electron chi connectivity index (χ0n) is 23.1. The van der Waals surface area contributed by atoms with Gasteiger partial charge in [-0.25, -0.2) is 4.79 Å². The smallest absolute Gasteiger partial charge is 0.349 e. The molecular formula is C24H43N9O9. The van der Waals surface area contributed by atoms with Crippen LogP contribution in [0.5, 0.6) is 0 Å². The number of nitrogen functional groups attached to an aromatic ring is 1. The van der Waals surface area contributed by atoms with E-state index in [-0.39, 0.29) is 25.2 Å². The van der Waals surface area contributed by atoms with E-state index < -0.39 is 91.1 Å². The first-order chi connectivity index (χ1) is 19.8. The summed E-state index contributed by atoms with van der Waals surface area (Å²) in [6, 6.07) is -2.48. The highest BCUT2D eigenvalue weighted by Crippen LogP contribution is 2.27. The van der Waals surface area contributed by atoms with E-state index in [1.54, 1.807) is 0 Å². The van der Waals surface area contributed by atoms with E-state index in [0.29, 0.717) is 19.4 Å². The van der Waals surface area contributed by atoms with Crippen molar-refractivity contribution in [1.82, 2.24) is 20.2 Å². The van der Waals surface area contributed by atoms with Crippen molar-refractivity contribution in [3.63, 3.8) is 0 Å². The first kappa shape index (κ1) is 33.7. The molecule has 2 fully saturated rings. The standard InChI is InChI=1S/C24H43N9O9/c25-5-2-1-3-12(31-15(34)9-33-6-4-14(28)32-24(33)40)22(39)30-8-13-18(36)19(37)16(29)23(41-13)42-21-11(27)7-10(26)17(35)20(21)38/h4,6,10-13,16-21,23,35-38H,1-3,5,7-9,25-27,29H2,(H,30,39)(H,31,34)(H2,28,32,40)/t10?,11?,12-,13+,16+,17?,18+,19+,20?,21?,23+/m0/s1. The van der Waals surface area contributed by atoms with Gasteiger partial charge in [0.25, 0.3) is 0 Å². The molecule has 11 atom stereocenters. The molecule has 5 unspecified atom stereocenters. The predicted molar refractivity (Wildman–Crippen MR) is 147 cm³/mol. The summed E-state index contributed by atoms with van der Waals surface area (Å²) in [4.78, 5) is 41.2. The molecule has 1 saturated carbocycles. The van der Waals surface area contributed by atoms with Gasteiger partial charge in [0.2, 0.25) is 11.8 Å². The number of hydrogen-bond donors (Lipinski definition) is 11. The molecule has 0 bridgehead atoms. The van der Waals surface area contributed by atoms with Crippen LogP contribution >= 0.6 is 0 Å². The van der Waals surface area contributed by atoms with Gasteiger partial charge in [-0.05, 0) is 38.3 Å². The Morgan fingerprint density at radius 1 is 1.10 bits per heavy atom. The summed E-state index contributed by atoms with van der Waals surface area (Å²) < 4.78 is 12.5. The van der Waals surface area contributed by atoms with Crippen molar-refractivity contribution in [3.8, 4) is 0 Å². The molecule has 238 valence electrons. The normalized spacial score (nSPS) is 34.0. The Kier molecular flexibility index (Phi) is 12.1. The maximum Gasteiger partial charge on any atom is 0.349 e. The molecule has 42 heavy (non-hydrogen) atoms. The average molecular weight is 602 g/mol. The van der Waals surface area contributed by atoms with Crippen LogP contribution < -0.4 is 45.0 Å². The van der Waals surface area contributed by atoms with Gasteiger partial charge in [-0.1, -0.05) is 0 Å². The summed E-state index contributed by atoms with van der Waals surface area (Å²) >= 11 is 0. The summed E-state index contributed by atoms with van der Waals surface area (Å²) in [5.41, 5.74) is 28.1. The fourth-order valence-corrected chi connectivity index (χ4v) is 4.91. The zero-order valence-corrected chi connectivity index (χ0v) is 23.1. The maximum absolute atomic E-state index is 13.1. The lowest BCUT2D eigenvalue weighted by atomic mass is 9.84. The molecule has 1 aliphatic heterocycles. The Labute approximate surface area is 241 Å². The van der Waals surface area contributed by atoms with Crippen molar-refractivity contribution >= 4 is 17.6 Å². The Hall–Kier alpha value is -2.78. The molecule has 0 aromatic carbocycles. The predicted octanol–water partition coefficient (Wildman–Crippen LogP) is -6.51. The molecule has 18 nitrogen and oxygen atoms in total. The number of ether oxygens (including phenoxy) is 2. The van der Waals surface area contributed by atoms with E-state index in [0.717, 1.165) is 4.57 Å². The molecule has 1 saturated heterocycles. The minimum absolute atomic E-state index is 0.00100. The number of nitrogens with one attached hydrogen (secondary N) is 2. The highest BCUT2D eigenvalue weighted by Gasteiger charge is 2.48. The molecule has 16 N–H and O–H groups in total. The molecule has 3 rings (SSSR count). The van der Waals surface area contributed by atoms with Crippen molar-refractivity contribution in [1.29, 1.82) is 0 Å². The highest BCUT2D eigenvalue weighted by atomic mass is 16.7. The third-order valence-corrected chi connectivity index (χ3v) is 7.42. The van der Waals surface area contributed by atoms with Crippen molar-refractivity contribution in [2.45, 2.75) is 99.3 Å². The van der Waals surface area contributed by atoms with Gasteiger partial charge < -0.3 is 69.2 Å². The summed E-state index contributed by atoms with van der Waals surface area (Å²) in [6.07, 6.45) is -6.82. The second-order valence-electron chi connectivity index (χ2n) is 10.7. The van der Waals surface area contributed by atoms with Crippen LogP contribution in [0.4, 0.5) is 5.82 Å². The Bertz CT molecular complexity index is 1110. The van der Waals surface area contributed by atoms with Crippen LogP contribution in [0, 0.1) is 0 Å². The minimum atomic E-state index is -1.54. The topological polar surface area (TPSA) is 323 Å². The number of unbranched alkanes of at least 4 members (excludes halogenated alkanes) is 1. The summed E-state index contributed by atoms with van der Waals surface area (Å²) in [7, 11) is 0. The summed E-state index contributed by atoms with van der Waals surface area (Å²) in [5, 5.41) is 46.8. The fraction of sp³-hybridized carbons (Fsp3) is 0.750. The summed E-state index contributed by atoms with van der Waals surface area (Å²) in [6.45, 7) is -0.352. The van der Waals surface area contributed by atoms with Crippen molar-refractivity contribution in [3.05, 3.63) is 22.7 Å². The monoisotopic (exact) mass is 601 g/mol. The number of amides is 2. The van der Waals surface area contributed by atoms with Gasteiger partial charge in [0.15, 0.2) is 6.29 Å². The lowest BCUT2D eigenvalue weighted by Crippen LogP contribution is -2.67. The number of aliphatic hydroxyl groups excluding tert-OH is 4. The number of anilines is 1. The number of hydrogen-bond acceptors (Lipinski definition) is 15. The second kappa shape index (κ2) is 15.1. The first-order valence-electron chi connectivity index (χ1n) is 13.7. The number of carbonyl (C=O) groups is 2. The Morgan fingerprint density at radius 2 is 1.81 bits per heavy atom. The van der Waals surface area contributed by atoms with Gasteiger partial charge in [-0.2, -0.15) is 4.98 Å². The minimum Gasteiger partial charge on any atom is -0.389 e. The van der Waals surface area contributed by atoms with Gasteiger partial charge >= 0.3 is 5.69 Å².